The molecule has 0 unspecified atom stereocenters. The molecule has 0 spiro atoms. The van der Waals surface area contributed by atoms with Gasteiger partial charge < -0.3 is 15.3 Å². The van der Waals surface area contributed by atoms with E-state index in [4.69, 9.17) is 21.5 Å². The second-order valence-electron chi connectivity index (χ2n) is 6.33. The number of hydrogen-bond donors (Lipinski definition) is 2. The van der Waals surface area contributed by atoms with E-state index in [9.17, 15) is 22.4 Å². The van der Waals surface area contributed by atoms with Gasteiger partial charge in [0, 0.05) is 5.56 Å². The molecule has 0 radical (unpaired) electrons. The number of anilines is 1. The number of sulfonamides is 1. The zero-order valence-corrected chi connectivity index (χ0v) is 17.8. The summed E-state index contributed by atoms with van der Waals surface area (Å²) in [5.74, 6) is -2.60. The standard InChI is InChI=1S/C21H16ClFN2O6S/c22-18-12-15(23)8-11-19(18)31-25(16-4-2-1-3-5-16)32(29,30)17-9-6-14(7-10-17)21(28)24-13-20(26)27/h1-12H,13H2,(H,24,28)(H,26,27). The Balaban J connectivity index is 1.95. The average molecular weight is 479 g/mol. The fraction of sp³-hybridized carbons (Fsp3) is 0.0476. The SMILES string of the molecule is O=C(O)CNC(=O)c1ccc(S(=O)(=O)N(Oc2ccc(F)cc2Cl)c2ccccc2)cc1. The lowest BCUT2D eigenvalue weighted by Crippen LogP contribution is -2.34. The van der Waals surface area contributed by atoms with Gasteiger partial charge in [-0.3, -0.25) is 9.59 Å². The Morgan fingerprint density at radius 3 is 2.28 bits per heavy atom. The van der Waals surface area contributed by atoms with Gasteiger partial charge in [0.15, 0.2) is 5.75 Å². The van der Waals surface area contributed by atoms with Crippen LogP contribution in [-0.4, -0.2) is 31.9 Å². The van der Waals surface area contributed by atoms with Gasteiger partial charge in [-0.25, -0.2) is 4.39 Å². The third-order valence-corrected chi connectivity index (χ3v) is 5.96. The van der Waals surface area contributed by atoms with E-state index >= 15 is 0 Å². The fourth-order valence-electron chi connectivity index (χ4n) is 2.56. The normalized spacial score (nSPS) is 10.9. The van der Waals surface area contributed by atoms with Gasteiger partial charge in [-0.2, -0.15) is 8.42 Å². The molecule has 3 aromatic carbocycles. The van der Waals surface area contributed by atoms with Crippen LogP contribution in [0.15, 0.2) is 77.7 Å². The van der Waals surface area contributed by atoms with Gasteiger partial charge in [0.2, 0.25) is 0 Å². The van der Waals surface area contributed by atoms with Gasteiger partial charge in [-0.1, -0.05) is 34.3 Å². The van der Waals surface area contributed by atoms with Crippen LogP contribution in [-0.2, 0) is 14.8 Å². The second kappa shape index (κ2) is 9.67. The Labute approximate surface area is 187 Å². The fourth-order valence-corrected chi connectivity index (χ4v) is 4.01. The van der Waals surface area contributed by atoms with E-state index in [-0.39, 0.29) is 26.9 Å². The number of benzene rings is 3. The van der Waals surface area contributed by atoms with Crippen molar-refractivity contribution in [3.05, 3.63) is 89.2 Å². The Morgan fingerprint density at radius 1 is 1.03 bits per heavy atom. The van der Waals surface area contributed by atoms with E-state index in [1.165, 1.54) is 42.5 Å². The van der Waals surface area contributed by atoms with Crippen LogP contribution >= 0.6 is 11.6 Å². The van der Waals surface area contributed by atoms with E-state index in [1.807, 2.05) is 0 Å². The third-order valence-electron chi connectivity index (χ3n) is 4.08. The Kier molecular flexibility index (Phi) is 6.96. The molecule has 3 rings (SSSR count). The third kappa shape index (κ3) is 5.34. The molecule has 3 aromatic rings. The maximum atomic E-state index is 13.4. The first-order valence-corrected chi connectivity index (χ1v) is 10.8. The molecule has 0 aliphatic carbocycles. The molecule has 0 aliphatic rings. The Morgan fingerprint density at radius 2 is 1.69 bits per heavy atom. The van der Waals surface area contributed by atoms with Gasteiger partial charge in [0.25, 0.3) is 15.9 Å². The Hall–Kier alpha value is -3.63. The lowest BCUT2D eigenvalue weighted by atomic mass is 10.2. The van der Waals surface area contributed by atoms with Gasteiger partial charge in [-0.15, -0.1) is 0 Å². The van der Waals surface area contributed by atoms with E-state index in [0.29, 0.717) is 4.47 Å². The smallest absolute Gasteiger partial charge is 0.322 e. The highest BCUT2D eigenvalue weighted by atomic mass is 35.5. The Bertz CT molecular complexity index is 1240. The molecule has 0 aliphatic heterocycles. The summed E-state index contributed by atoms with van der Waals surface area (Å²) >= 11 is 5.99. The van der Waals surface area contributed by atoms with E-state index in [2.05, 4.69) is 5.32 Å². The molecule has 0 fully saturated rings. The lowest BCUT2D eigenvalue weighted by Gasteiger charge is -2.24. The highest BCUT2D eigenvalue weighted by Gasteiger charge is 2.28. The highest BCUT2D eigenvalue weighted by molar-refractivity contribution is 7.92. The lowest BCUT2D eigenvalue weighted by molar-refractivity contribution is -0.135. The largest absolute Gasteiger partial charge is 0.480 e. The monoisotopic (exact) mass is 478 g/mol. The molecule has 11 heteroatoms. The quantitative estimate of drug-likeness (QED) is 0.479. The van der Waals surface area contributed by atoms with Crippen molar-refractivity contribution in [1.29, 1.82) is 0 Å². The van der Waals surface area contributed by atoms with Crippen molar-refractivity contribution < 1.29 is 32.3 Å². The molecule has 32 heavy (non-hydrogen) atoms. The van der Waals surface area contributed by atoms with Crippen molar-refractivity contribution in [1.82, 2.24) is 5.32 Å². The maximum Gasteiger partial charge on any atom is 0.322 e. The number of nitrogens with zero attached hydrogens (tertiary/aromatic N) is 1. The molecule has 0 atom stereocenters. The summed E-state index contributed by atoms with van der Waals surface area (Å²) in [6.07, 6.45) is 0. The van der Waals surface area contributed by atoms with E-state index in [0.717, 1.165) is 12.1 Å². The summed E-state index contributed by atoms with van der Waals surface area (Å²) in [6.45, 7) is -0.576. The predicted molar refractivity (Wildman–Crippen MR) is 115 cm³/mol. The summed E-state index contributed by atoms with van der Waals surface area (Å²) in [6, 6.07) is 15.9. The summed E-state index contributed by atoms with van der Waals surface area (Å²) in [5, 5.41) is 10.7. The number of nitrogens with one attached hydrogen (secondary N) is 1. The molecule has 8 nitrogen and oxygen atoms in total. The molecule has 2 N–H and O–H groups in total. The minimum absolute atomic E-state index is 0.0685. The molecule has 0 bridgehead atoms. The molecule has 166 valence electrons. The van der Waals surface area contributed by atoms with Crippen LogP contribution in [0.1, 0.15) is 10.4 Å². The van der Waals surface area contributed by atoms with Crippen LogP contribution in [0.4, 0.5) is 10.1 Å². The van der Waals surface area contributed by atoms with Crippen molar-refractivity contribution in [2.24, 2.45) is 0 Å². The van der Waals surface area contributed by atoms with Crippen molar-refractivity contribution in [3.8, 4) is 5.75 Å². The molecule has 0 saturated carbocycles. The number of para-hydroxylation sites is 1. The first-order valence-electron chi connectivity index (χ1n) is 9.02. The van der Waals surface area contributed by atoms with Crippen LogP contribution in [0.2, 0.25) is 5.02 Å². The number of carbonyl (C=O) groups is 2. The summed E-state index contributed by atoms with van der Waals surface area (Å²) in [4.78, 5) is 27.9. The van der Waals surface area contributed by atoms with Crippen molar-refractivity contribution >= 4 is 39.2 Å². The molecule has 0 saturated heterocycles. The van der Waals surface area contributed by atoms with Crippen molar-refractivity contribution in [2.75, 3.05) is 11.0 Å². The van der Waals surface area contributed by atoms with Gasteiger partial charge in [0.1, 0.15) is 12.4 Å². The van der Waals surface area contributed by atoms with E-state index in [1.54, 1.807) is 18.2 Å². The number of carbonyl (C=O) groups excluding carboxylic acids is 1. The molecule has 0 heterocycles. The topological polar surface area (TPSA) is 113 Å². The average Bonchev–Trinajstić information content (AvgIpc) is 2.77. The van der Waals surface area contributed by atoms with Crippen LogP contribution in [0.3, 0.4) is 0 Å². The van der Waals surface area contributed by atoms with Crippen LogP contribution in [0.5, 0.6) is 5.75 Å². The number of hydrogen-bond acceptors (Lipinski definition) is 5. The van der Waals surface area contributed by atoms with Crippen molar-refractivity contribution in [3.63, 3.8) is 0 Å². The van der Waals surface area contributed by atoms with Crippen LogP contribution < -0.4 is 14.6 Å². The zero-order chi connectivity index (χ0) is 23.3. The summed E-state index contributed by atoms with van der Waals surface area (Å²) in [5.41, 5.74) is 0.218. The first-order chi connectivity index (χ1) is 15.2. The minimum Gasteiger partial charge on any atom is -0.480 e. The first kappa shape index (κ1) is 23.0. The minimum atomic E-state index is -4.31. The van der Waals surface area contributed by atoms with E-state index < -0.39 is 34.3 Å². The number of carboxylic acids is 1. The number of aliphatic carboxylic acids is 1. The second-order valence-corrected chi connectivity index (χ2v) is 8.49. The molecular formula is C21H16ClFN2O6S. The summed E-state index contributed by atoms with van der Waals surface area (Å²) < 4.78 is 40.6. The number of carboxylic acid groups (broad SMARTS) is 1. The van der Waals surface area contributed by atoms with Crippen LogP contribution in [0, 0.1) is 5.82 Å². The van der Waals surface area contributed by atoms with Gasteiger partial charge >= 0.3 is 5.97 Å². The zero-order valence-electron chi connectivity index (χ0n) is 16.2. The van der Waals surface area contributed by atoms with Gasteiger partial charge in [0.05, 0.1) is 15.6 Å². The summed E-state index contributed by atoms with van der Waals surface area (Å²) in [7, 11) is -4.31. The molecule has 1 amide bonds. The number of halogens is 2. The molecule has 0 aromatic heterocycles. The highest BCUT2D eigenvalue weighted by Crippen LogP contribution is 2.30. The van der Waals surface area contributed by atoms with Crippen LogP contribution in [0.25, 0.3) is 0 Å². The predicted octanol–water partition coefficient (Wildman–Crippen LogP) is 3.48. The number of rotatable bonds is 8. The van der Waals surface area contributed by atoms with Crippen molar-refractivity contribution in [2.45, 2.75) is 4.90 Å². The maximum absolute atomic E-state index is 13.4. The number of amides is 1. The molecular weight excluding hydrogens is 463 g/mol. The van der Waals surface area contributed by atoms with Gasteiger partial charge in [-0.05, 0) is 54.6 Å².